The molecule has 0 N–H and O–H groups in total. The lowest BCUT2D eigenvalue weighted by molar-refractivity contribution is 0.481. The zero-order chi connectivity index (χ0) is 13.2. The first-order chi connectivity index (χ1) is 9.29. The zero-order valence-electron chi connectivity index (χ0n) is 11.3. The van der Waals surface area contributed by atoms with Crippen molar-refractivity contribution < 1.29 is 0 Å². The van der Waals surface area contributed by atoms with Crippen LogP contribution in [0.3, 0.4) is 0 Å². The number of hydrogen-bond acceptors (Lipinski definition) is 2. The number of nitrogens with zero attached hydrogens (tertiary/aromatic N) is 2. The highest BCUT2D eigenvalue weighted by Crippen LogP contribution is 2.29. The fraction of sp³-hybridized carbons (Fsp3) is 0.438. The number of fused-ring (bicyclic) bond motifs is 1. The van der Waals surface area contributed by atoms with Gasteiger partial charge in [-0.1, -0.05) is 18.2 Å². The molecule has 0 amide bonds. The zero-order valence-corrected chi connectivity index (χ0v) is 12.0. The second-order valence-electron chi connectivity index (χ2n) is 5.34. The van der Waals surface area contributed by atoms with E-state index in [0.29, 0.717) is 11.9 Å². The van der Waals surface area contributed by atoms with Gasteiger partial charge in [-0.3, -0.25) is 0 Å². The molecule has 3 rings (SSSR count). The third-order valence-electron chi connectivity index (χ3n) is 4.00. The summed E-state index contributed by atoms with van der Waals surface area (Å²) in [6, 6.07) is 11.0. The summed E-state index contributed by atoms with van der Waals surface area (Å²) in [4.78, 5) is 7.29. The average molecular weight is 275 g/mol. The summed E-state index contributed by atoms with van der Waals surface area (Å²) in [5.41, 5.74) is 2.21. The van der Waals surface area contributed by atoms with Crippen molar-refractivity contribution in [2.24, 2.45) is 0 Å². The lowest BCUT2D eigenvalue weighted by atomic mass is 10.0. The number of piperidine rings is 1. The molecule has 1 atom stereocenters. The maximum Gasteiger partial charge on any atom is 0.133 e. The molecule has 0 bridgehead atoms. The largest absolute Gasteiger partial charge is 0.354 e. The van der Waals surface area contributed by atoms with Gasteiger partial charge >= 0.3 is 0 Å². The van der Waals surface area contributed by atoms with Gasteiger partial charge in [0.15, 0.2) is 0 Å². The lowest BCUT2D eigenvalue weighted by Gasteiger charge is -2.35. The second kappa shape index (κ2) is 5.38. The van der Waals surface area contributed by atoms with Crippen LogP contribution >= 0.6 is 11.6 Å². The summed E-state index contributed by atoms with van der Waals surface area (Å²) in [6.07, 6.45) is 3.82. The molecule has 0 aliphatic carbocycles. The molecular weight excluding hydrogens is 256 g/mol. The molecule has 3 heteroatoms. The summed E-state index contributed by atoms with van der Waals surface area (Å²) in [6.45, 7) is 3.38. The molecule has 1 aliphatic rings. The number of anilines is 1. The van der Waals surface area contributed by atoms with E-state index in [1.54, 1.807) is 0 Å². The summed E-state index contributed by atoms with van der Waals surface area (Å²) < 4.78 is 0. The quantitative estimate of drug-likeness (QED) is 0.757. The van der Waals surface area contributed by atoms with Gasteiger partial charge in [-0.25, -0.2) is 4.98 Å². The molecule has 2 nitrogen and oxygen atoms in total. The number of alkyl halides is 1. The van der Waals surface area contributed by atoms with Crippen LogP contribution in [-0.2, 0) is 5.88 Å². The highest BCUT2D eigenvalue weighted by molar-refractivity contribution is 6.17. The maximum absolute atomic E-state index is 6.13. The molecule has 19 heavy (non-hydrogen) atoms. The van der Waals surface area contributed by atoms with Gasteiger partial charge in [0.25, 0.3) is 0 Å². The minimum absolute atomic E-state index is 0.524. The molecule has 0 saturated carbocycles. The van der Waals surface area contributed by atoms with E-state index in [9.17, 15) is 0 Å². The van der Waals surface area contributed by atoms with Crippen molar-refractivity contribution in [2.75, 3.05) is 11.4 Å². The molecule has 2 aromatic rings. The highest BCUT2D eigenvalue weighted by atomic mass is 35.5. The van der Waals surface area contributed by atoms with Gasteiger partial charge in [0.1, 0.15) is 5.82 Å². The molecule has 0 spiro atoms. The Morgan fingerprint density at radius 2 is 2.16 bits per heavy atom. The standard InChI is InChI=1S/C16H19ClN2/c1-12-6-4-5-9-19(12)16-14(11-17)10-13-7-2-3-8-15(13)18-16/h2-3,7-8,10,12H,4-6,9,11H2,1H3. The van der Waals surface area contributed by atoms with E-state index in [0.717, 1.165) is 23.4 Å². The van der Waals surface area contributed by atoms with E-state index in [-0.39, 0.29) is 0 Å². The Morgan fingerprint density at radius 3 is 2.95 bits per heavy atom. The molecular formula is C16H19ClN2. The third-order valence-corrected chi connectivity index (χ3v) is 4.29. The number of para-hydroxylation sites is 1. The first-order valence-corrected chi connectivity index (χ1v) is 7.54. The smallest absolute Gasteiger partial charge is 0.133 e. The normalized spacial score (nSPS) is 19.9. The predicted octanol–water partition coefficient (Wildman–Crippen LogP) is 4.35. The van der Waals surface area contributed by atoms with Crippen molar-refractivity contribution in [1.29, 1.82) is 0 Å². The molecule has 1 saturated heterocycles. The topological polar surface area (TPSA) is 16.1 Å². The van der Waals surface area contributed by atoms with Crippen LogP contribution in [-0.4, -0.2) is 17.6 Å². The van der Waals surface area contributed by atoms with Crippen molar-refractivity contribution >= 4 is 28.3 Å². The third kappa shape index (κ3) is 2.42. The Kier molecular flexibility index (Phi) is 3.61. The molecule has 1 unspecified atom stereocenters. The van der Waals surface area contributed by atoms with Crippen LogP contribution in [0.5, 0.6) is 0 Å². The number of rotatable bonds is 2. The van der Waals surface area contributed by atoms with Crippen LogP contribution in [0, 0.1) is 0 Å². The number of halogens is 1. The minimum Gasteiger partial charge on any atom is -0.354 e. The summed E-state index contributed by atoms with van der Waals surface area (Å²) >= 11 is 6.13. The van der Waals surface area contributed by atoms with E-state index < -0.39 is 0 Å². The van der Waals surface area contributed by atoms with Crippen molar-refractivity contribution in [3.8, 4) is 0 Å². The fourth-order valence-electron chi connectivity index (χ4n) is 2.91. The van der Waals surface area contributed by atoms with Crippen LogP contribution in [0.15, 0.2) is 30.3 Å². The Hall–Kier alpha value is -1.28. The van der Waals surface area contributed by atoms with Crippen molar-refractivity contribution in [1.82, 2.24) is 4.98 Å². The van der Waals surface area contributed by atoms with Crippen molar-refractivity contribution in [3.05, 3.63) is 35.9 Å². The Morgan fingerprint density at radius 1 is 1.32 bits per heavy atom. The van der Waals surface area contributed by atoms with E-state index >= 15 is 0 Å². The predicted molar refractivity (Wildman–Crippen MR) is 82.0 cm³/mol. The Balaban J connectivity index is 2.10. The number of aromatic nitrogens is 1. The summed E-state index contributed by atoms with van der Waals surface area (Å²) in [5, 5.41) is 1.17. The SMILES string of the molecule is CC1CCCCN1c1nc2ccccc2cc1CCl. The Bertz CT molecular complexity index is 582. The highest BCUT2D eigenvalue weighted by Gasteiger charge is 2.22. The van der Waals surface area contributed by atoms with E-state index in [4.69, 9.17) is 16.6 Å². The molecule has 2 heterocycles. The van der Waals surface area contributed by atoms with Gasteiger partial charge in [-0.2, -0.15) is 0 Å². The van der Waals surface area contributed by atoms with Gasteiger partial charge in [-0.05, 0) is 38.3 Å². The first kappa shape index (κ1) is 12.7. The van der Waals surface area contributed by atoms with Gasteiger partial charge in [0, 0.05) is 23.5 Å². The minimum atomic E-state index is 0.524. The van der Waals surface area contributed by atoms with E-state index in [1.165, 1.54) is 24.6 Å². The van der Waals surface area contributed by atoms with Gasteiger partial charge in [0.2, 0.25) is 0 Å². The monoisotopic (exact) mass is 274 g/mol. The van der Waals surface area contributed by atoms with Crippen LogP contribution in [0.2, 0.25) is 0 Å². The molecule has 0 radical (unpaired) electrons. The number of benzene rings is 1. The molecule has 1 aromatic carbocycles. The van der Waals surface area contributed by atoms with E-state index in [2.05, 4.69) is 30.0 Å². The first-order valence-electron chi connectivity index (χ1n) is 7.01. The van der Waals surface area contributed by atoms with Crippen LogP contribution in [0.1, 0.15) is 31.7 Å². The Labute approximate surface area is 119 Å². The number of pyridine rings is 1. The summed E-state index contributed by atoms with van der Waals surface area (Å²) in [7, 11) is 0. The second-order valence-corrected chi connectivity index (χ2v) is 5.60. The van der Waals surface area contributed by atoms with Crippen LogP contribution < -0.4 is 4.90 Å². The van der Waals surface area contributed by atoms with E-state index in [1.807, 2.05) is 12.1 Å². The van der Waals surface area contributed by atoms with Crippen molar-refractivity contribution in [2.45, 2.75) is 38.1 Å². The van der Waals surface area contributed by atoms with Gasteiger partial charge < -0.3 is 4.90 Å². The molecule has 1 aliphatic heterocycles. The van der Waals surface area contributed by atoms with Crippen LogP contribution in [0.4, 0.5) is 5.82 Å². The van der Waals surface area contributed by atoms with Crippen molar-refractivity contribution in [3.63, 3.8) is 0 Å². The lowest BCUT2D eigenvalue weighted by Crippen LogP contribution is -2.38. The number of hydrogen-bond donors (Lipinski definition) is 0. The fourth-order valence-corrected chi connectivity index (χ4v) is 3.11. The average Bonchev–Trinajstić information content (AvgIpc) is 2.46. The summed E-state index contributed by atoms with van der Waals surface area (Å²) in [5.74, 6) is 1.61. The van der Waals surface area contributed by atoms with Gasteiger partial charge in [0.05, 0.1) is 11.4 Å². The molecule has 100 valence electrons. The van der Waals surface area contributed by atoms with Gasteiger partial charge in [-0.15, -0.1) is 11.6 Å². The van der Waals surface area contributed by atoms with Crippen LogP contribution in [0.25, 0.3) is 10.9 Å². The maximum atomic E-state index is 6.13. The molecule has 1 aromatic heterocycles. The molecule has 1 fully saturated rings.